The summed E-state index contributed by atoms with van der Waals surface area (Å²) in [4.78, 5) is 19.5. The SMILES string of the molecule is CCNC(=NCCC(=O)OC)N1CCN(c2cc(F)ccc2F)CC1. The Hall–Kier alpha value is -2.38. The van der Waals surface area contributed by atoms with Gasteiger partial charge in [-0.15, -0.1) is 0 Å². The molecule has 0 aromatic heterocycles. The van der Waals surface area contributed by atoms with Crippen molar-refractivity contribution in [1.82, 2.24) is 10.2 Å². The van der Waals surface area contributed by atoms with Gasteiger partial charge in [-0.05, 0) is 19.1 Å². The van der Waals surface area contributed by atoms with Crippen LogP contribution in [0.2, 0.25) is 0 Å². The van der Waals surface area contributed by atoms with Crippen LogP contribution in [0.25, 0.3) is 0 Å². The molecule has 0 unspecified atom stereocenters. The molecule has 25 heavy (non-hydrogen) atoms. The number of carbonyl (C=O) groups excluding carboxylic acids is 1. The van der Waals surface area contributed by atoms with Gasteiger partial charge in [0.05, 0.1) is 25.8 Å². The van der Waals surface area contributed by atoms with Crippen LogP contribution in [0.1, 0.15) is 13.3 Å². The number of guanidine groups is 1. The van der Waals surface area contributed by atoms with Crippen LogP contribution in [0.3, 0.4) is 0 Å². The van der Waals surface area contributed by atoms with Crippen molar-refractivity contribution in [2.75, 3.05) is 51.3 Å². The number of nitrogens with one attached hydrogen (secondary N) is 1. The van der Waals surface area contributed by atoms with Crippen molar-refractivity contribution in [1.29, 1.82) is 0 Å². The van der Waals surface area contributed by atoms with E-state index in [1.165, 1.54) is 13.2 Å². The smallest absolute Gasteiger partial charge is 0.307 e. The van der Waals surface area contributed by atoms with E-state index in [1.807, 2.05) is 11.8 Å². The minimum absolute atomic E-state index is 0.222. The molecule has 8 heteroatoms. The molecule has 2 rings (SSSR count). The first kappa shape index (κ1) is 19.0. The van der Waals surface area contributed by atoms with E-state index in [2.05, 4.69) is 19.9 Å². The van der Waals surface area contributed by atoms with Crippen molar-refractivity contribution in [3.8, 4) is 0 Å². The van der Waals surface area contributed by atoms with E-state index in [4.69, 9.17) is 0 Å². The van der Waals surface area contributed by atoms with Crippen molar-refractivity contribution in [3.63, 3.8) is 0 Å². The summed E-state index contributed by atoms with van der Waals surface area (Å²) in [7, 11) is 1.35. The number of halogens is 2. The molecule has 6 nitrogen and oxygen atoms in total. The second-order valence-electron chi connectivity index (χ2n) is 5.63. The van der Waals surface area contributed by atoms with Gasteiger partial charge in [0.25, 0.3) is 0 Å². The van der Waals surface area contributed by atoms with Crippen molar-refractivity contribution in [2.24, 2.45) is 4.99 Å². The molecular weight excluding hydrogens is 330 g/mol. The Morgan fingerprint density at radius 1 is 1.28 bits per heavy atom. The van der Waals surface area contributed by atoms with E-state index in [9.17, 15) is 13.6 Å². The first-order chi connectivity index (χ1) is 12.0. The van der Waals surface area contributed by atoms with Gasteiger partial charge in [-0.2, -0.15) is 0 Å². The highest BCUT2D eigenvalue weighted by molar-refractivity contribution is 5.80. The third-order valence-corrected chi connectivity index (χ3v) is 3.97. The minimum atomic E-state index is -0.448. The number of rotatable bonds is 5. The number of hydrogen-bond donors (Lipinski definition) is 1. The fraction of sp³-hybridized carbons (Fsp3) is 0.529. The van der Waals surface area contributed by atoms with Gasteiger partial charge < -0.3 is 19.9 Å². The quantitative estimate of drug-likeness (QED) is 0.495. The number of ether oxygens (including phenoxy) is 1. The predicted octanol–water partition coefficient (Wildman–Crippen LogP) is 1.62. The molecule has 138 valence electrons. The number of esters is 1. The number of piperazine rings is 1. The summed E-state index contributed by atoms with van der Waals surface area (Å²) in [6, 6.07) is 3.49. The Labute approximate surface area is 146 Å². The highest BCUT2D eigenvalue weighted by Crippen LogP contribution is 2.21. The molecule has 1 saturated heterocycles. The summed E-state index contributed by atoms with van der Waals surface area (Å²) in [5.41, 5.74) is 0.285. The predicted molar refractivity (Wildman–Crippen MR) is 92.8 cm³/mol. The first-order valence-corrected chi connectivity index (χ1v) is 8.35. The molecule has 1 aliphatic heterocycles. The second-order valence-corrected chi connectivity index (χ2v) is 5.63. The van der Waals surface area contributed by atoms with Crippen LogP contribution in [0.15, 0.2) is 23.2 Å². The summed E-state index contributed by atoms with van der Waals surface area (Å²) in [5.74, 6) is -0.457. The summed E-state index contributed by atoms with van der Waals surface area (Å²) < 4.78 is 31.9. The number of nitrogens with zero attached hydrogens (tertiary/aromatic N) is 3. The fourth-order valence-electron chi connectivity index (χ4n) is 2.67. The second kappa shape index (κ2) is 9.19. The third-order valence-electron chi connectivity index (χ3n) is 3.97. The van der Waals surface area contributed by atoms with Crippen molar-refractivity contribution in [2.45, 2.75) is 13.3 Å². The molecule has 0 aliphatic carbocycles. The molecule has 0 amide bonds. The normalized spacial score (nSPS) is 15.3. The highest BCUT2D eigenvalue weighted by Gasteiger charge is 2.22. The van der Waals surface area contributed by atoms with E-state index in [-0.39, 0.29) is 18.1 Å². The van der Waals surface area contributed by atoms with Crippen molar-refractivity contribution in [3.05, 3.63) is 29.8 Å². The van der Waals surface area contributed by atoms with Gasteiger partial charge in [-0.25, -0.2) is 8.78 Å². The van der Waals surface area contributed by atoms with Gasteiger partial charge in [0, 0.05) is 38.8 Å². The largest absolute Gasteiger partial charge is 0.469 e. The van der Waals surface area contributed by atoms with E-state index in [1.54, 1.807) is 0 Å². The van der Waals surface area contributed by atoms with E-state index in [0.717, 1.165) is 12.1 Å². The monoisotopic (exact) mass is 354 g/mol. The van der Waals surface area contributed by atoms with Crippen LogP contribution < -0.4 is 10.2 Å². The molecule has 1 fully saturated rings. The zero-order valence-electron chi connectivity index (χ0n) is 14.6. The lowest BCUT2D eigenvalue weighted by molar-refractivity contribution is -0.140. The Balaban J connectivity index is 1.97. The van der Waals surface area contributed by atoms with E-state index >= 15 is 0 Å². The van der Waals surface area contributed by atoms with Crippen LogP contribution in [-0.2, 0) is 9.53 Å². The van der Waals surface area contributed by atoms with Crippen molar-refractivity contribution < 1.29 is 18.3 Å². The lowest BCUT2D eigenvalue weighted by atomic mass is 10.2. The molecule has 0 bridgehead atoms. The molecular formula is C17H24F2N4O2. The average molecular weight is 354 g/mol. The number of carbonyl (C=O) groups is 1. The number of aliphatic imine (C=N–C) groups is 1. The maximum Gasteiger partial charge on any atom is 0.307 e. The summed E-state index contributed by atoms with van der Waals surface area (Å²) in [5, 5.41) is 3.19. The topological polar surface area (TPSA) is 57.2 Å². The zero-order chi connectivity index (χ0) is 18.2. The molecule has 0 radical (unpaired) electrons. The van der Waals surface area contributed by atoms with Crippen molar-refractivity contribution >= 4 is 17.6 Å². The third kappa shape index (κ3) is 5.30. The molecule has 1 N–H and O–H groups in total. The average Bonchev–Trinajstić information content (AvgIpc) is 2.63. The minimum Gasteiger partial charge on any atom is -0.469 e. The Bertz CT molecular complexity index is 617. The van der Waals surface area contributed by atoms with E-state index in [0.29, 0.717) is 45.2 Å². The maximum atomic E-state index is 13.9. The highest BCUT2D eigenvalue weighted by atomic mass is 19.1. The number of anilines is 1. The fourth-order valence-corrected chi connectivity index (χ4v) is 2.67. The van der Waals surface area contributed by atoms with Gasteiger partial charge in [-0.1, -0.05) is 0 Å². The number of methoxy groups -OCH3 is 1. The molecule has 1 heterocycles. The number of benzene rings is 1. The Morgan fingerprint density at radius 2 is 2.00 bits per heavy atom. The standard InChI is InChI=1S/C17H24F2N4O2/c1-3-20-17(21-7-6-16(24)25-2)23-10-8-22(9-11-23)15-12-13(18)4-5-14(15)19/h4-5,12H,3,6-11H2,1-2H3,(H,20,21). The number of hydrogen-bond acceptors (Lipinski definition) is 4. The van der Waals surface area contributed by atoms with Gasteiger partial charge in [0.1, 0.15) is 11.6 Å². The van der Waals surface area contributed by atoms with Gasteiger partial charge in [0.2, 0.25) is 0 Å². The van der Waals surface area contributed by atoms with Crippen LogP contribution in [0.5, 0.6) is 0 Å². The summed E-state index contributed by atoms with van der Waals surface area (Å²) in [6.07, 6.45) is 0.222. The zero-order valence-corrected chi connectivity index (χ0v) is 14.6. The lowest BCUT2D eigenvalue weighted by Crippen LogP contribution is -2.52. The van der Waals surface area contributed by atoms with Crippen LogP contribution >= 0.6 is 0 Å². The van der Waals surface area contributed by atoms with Gasteiger partial charge in [0.15, 0.2) is 5.96 Å². The van der Waals surface area contributed by atoms with E-state index < -0.39 is 11.6 Å². The van der Waals surface area contributed by atoms with Gasteiger partial charge in [-0.3, -0.25) is 9.79 Å². The summed E-state index contributed by atoms with van der Waals surface area (Å²) >= 11 is 0. The Kier molecular flexibility index (Phi) is 6.97. The van der Waals surface area contributed by atoms with Gasteiger partial charge >= 0.3 is 5.97 Å². The van der Waals surface area contributed by atoms with Crippen LogP contribution in [0, 0.1) is 11.6 Å². The molecule has 0 saturated carbocycles. The molecule has 1 aromatic rings. The molecule has 1 aromatic carbocycles. The van der Waals surface area contributed by atoms with Crippen LogP contribution in [-0.4, -0.2) is 63.2 Å². The lowest BCUT2D eigenvalue weighted by Gasteiger charge is -2.37. The first-order valence-electron chi connectivity index (χ1n) is 8.35. The molecule has 1 aliphatic rings. The maximum absolute atomic E-state index is 13.9. The molecule has 0 atom stereocenters. The molecule has 0 spiro atoms. The summed E-state index contributed by atoms with van der Waals surface area (Å²) in [6.45, 7) is 5.38. The Morgan fingerprint density at radius 3 is 2.64 bits per heavy atom. The van der Waals surface area contributed by atoms with Crippen LogP contribution in [0.4, 0.5) is 14.5 Å².